The van der Waals surface area contributed by atoms with Crippen molar-refractivity contribution >= 4 is 17.2 Å². The van der Waals surface area contributed by atoms with Gasteiger partial charge in [-0.05, 0) is 44.5 Å². The number of aryl methyl sites for hydroxylation is 1. The summed E-state index contributed by atoms with van der Waals surface area (Å²) in [5.41, 5.74) is 5.70. The van der Waals surface area contributed by atoms with Crippen LogP contribution in [-0.2, 0) is 4.79 Å². The summed E-state index contributed by atoms with van der Waals surface area (Å²) in [4.78, 5) is 14.0. The van der Waals surface area contributed by atoms with Crippen molar-refractivity contribution in [2.45, 2.75) is 33.1 Å². The summed E-state index contributed by atoms with van der Waals surface area (Å²) in [5.74, 6) is 0.0386. The van der Waals surface area contributed by atoms with Crippen LogP contribution in [0, 0.1) is 6.92 Å². The summed E-state index contributed by atoms with van der Waals surface area (Å²) < 4.78 is 0. The van der Waals surface area contributed by atoms with Crippen LogP contribution in [-0.4, -0.2) is 36.0 Å². The number of piperidine rings is 1. The number of hydrogen-bond donors (Lipinski definition) is 1. The monoisotopic (exact) mass is 273 g/mol. The zero-order valence-electron chi connectivity index (χ0n) is 12.4. The van der Waals surface area contributed by atoms with Crippen LogP contribution in [0.3, 0.4) is 0 Å². The molecule has 0 radical (unpaired) electrons. The number of benzene rings is 1. The molecular weight excluding hydrogens is 250 g/mol. The number of ketones is 1. The number of hydrogen-bond acceptors (Lipinski definition) is 4. The second kappa shape index (κ2) is 7.20. The third-order valence-corrected chi connectivity index (χ3v) is 3.68. The van der Waals surface area contributed by atoms with E-state index >= 15 is 0 Å². The van der Waals surface area contributed by atoms with Crippen molar-refractivity contribution in [3.05, 3.63) is 29.8 Å². The summed E-state index contributed by atoms with van der Waals surface area (Å²) in [7, 11) is 0. The number of Topliss-reactive ketones (excluding diaryl/α,β-unsaturated/α-hetero) is 1. The fraction of sp³-hybridized carbons (Fsp3) is 0.500. The van der Waals surface area contributed by atoms with Gasteiger partial charge < -0.3 is 0 Å². The number of likely N-dealkylation sites (tertiary alicyclic amines) is 1. The van der Waals surface area contributed by atoms with E-state index in [9.17, 15) is 4.79 Å². The van der Waals surface area contributed by atoms with Gasteiger partial charge in [-0.25, -0.2) is 0 Å². The maximum absolute atomic E-state index is 11.7. The molecule has 0 saturated carbocycles. The van der Waals surface area contributed by atoms with Gasteiger partial charge in [-0.2, -0.15) is 5.10 Å². The van der Waals surface area contributed by atoms with Crippen molar-refractivity contribution in [3.8, 4) is 0 Å². The minimum atomic E-state index is 0.0386. The highest BCUT2D eigenvalue weighted by Gasteiger charge is 2.15. The summed E-state index contributed by atoms with van der Waals surface area (Å²) in [5, 5.41) is 4.32. The molecule has 0 atom stereocenters. The van der Waals surface area contributed by atoms with Crippen molar-refractivity contribution in [2.24, 2.45) is 5.10 Å². The lowest BCUT2D eigenvalue weighted by atomic mass is 10.1. The molecule has 1 heterocycles. The Labute approximate surface area is 120 Å². The van der Waals surface area contributed by atoms with Crippen molar-refractivity contribution < 1.29 is 4.79 Å². The summed E-state index contributed by atoms with van der Waals surface area (Å²) in [6.07, 6.45) is 3.73. The van der Waals surface area contributed by atoms with Gasteiger partial charge in [0.2, 0.25) is 0 Å². The molecule has 1 aliphatic heterocycles. The molecule has 4 heteroatoms. The van der Waals surface area contributed by atoms with E-state index in [1.165, 1.54) is 19.3 Å². The molecule has 1 saturated heterocycles. The first kappa shape index (κ1) is 14.7. The Morgan fingerprint density at radius 2 is 1.95 bits per heavy atom. The minimum absolute atomic E-state index is 0.0386. The first-order valence-electron chi connectivity index (χ1n) is 7.28. The largest absolute Gasteiger partial charge is 0.297 e. The number of nitrogens with zero attached hydrogens (tertiary/aromatic N) is 2. The fourth-order valence-electron chi connectivity index (χ4n) is 2.38. The highest BCUT2D eigenvalue weighted by atomic mass is 16.1. The molecule has 0 unspecified atom stereocenters. The van der Waals surface area contributed by atoms with E-state index in [0.717, 1.165) is 24.3 Å². The smallest absolute Gasteiger partial charge is 0.177 e. The van der Waals surface area contributed by atoms with E-state index < -0.39 is 0 Å². The lowest BCUT2D eigenvalue weighted by molar-refractivity contribution is -0.111. The third kappa shape index (κ3) is 4.17. The average Bonchev–Trinajstić information content (AvgIpc) is 2.46. The first-order valence-corrected chi connectivity index (χ1v) is 7.28. The second-order valence-corrected chi connectivity index (χ2v) is 5.38. The number of rotatable bonds is 5. The quantitative estimate of drug-likeness (QED) is 0.663. The Hall–Kier alpha value is -1.68. The van der Waals surface area contributed by atoms with Crippen molar-refractivity contribution in [2.75, 3.05) is 25.1 Å². The van der Waals surface area contributed by atoms with Crippen LogP contribution in [0.4, 0.5) is 5.69 Å². The molecule has 1 aromatic rings. The molecule has 0 bridgehead atoms. The van der Waals surface area contributed by atoms with E-state index in [2.05, 4.69) is 15.4 Å². The minimum Gasteiger partial charge on any atom is -0.297 e. The topological polar surface area (TPSA) is 44.7 Å². The Morgan fingerprint density at radius 3 is 2.60 bits per heavy atom. The van der Waals surface area contributed by atoms with Crippen molar-refractivity contribution in [1.29, 1.82) is 0 Å². The van der Waals surface area contributed by atoms with E-state index in [4.69, 9.17) is 0 Å². The SMILES string of the molecule is CC(=O)C(CN1CCCCC1)=NNc1ccccc1C. The predicted molar refractivity (Wildman–Crippen MR) is 83.2 cm³/mol. The maximum atomic E-state index is 11.7. The molecule has 0 amide bonds. The van der Waals surface area contributed by atoms with Gasteiger partial charge in [-0.1, -0.05) is 24.6 Å². The molecule has 2 rings (SSSR count). The number of carbonyl (C=O) groups is 1. The molecule has 0 aliphatic carbocycles. The van der Waals surface area contributed by atoms with Crippen LogP contribution in [0.25, 0.3) is 0 Å². The van der Waals surface area contributed by atoms with Gasteiger partial charge in [-0.15, -0.1) is 0 Å². The zero-order valence-corrected chi connectivity index (χ0v) is 12.4. The second-order valence-electron chi connectivity index (χ2n) is 5.38. The van der Waals surface area contributed by atoms with E-state index in [0.29, 0.717) is 12.3 Å². The molecule has 20 heavy (non-hydrogen) atoms. The summed E-state index contributed by atoms with van der Waals surface area (Å²) in [6, 6.07) is 7.94. The molecular formula is C16H23N3O. The fourth-order valence-corrected chi connectivity index (χ4v) is 2.38. The van der Waals surface area contributed by atoms with Gasteiger partial charge in [0.15, 0.2) is 5.78 Å². The van der Waals surface area contributed by atoms with Crippen LogP contribution in [0.15, 0.2) is 29.4 Å². The number of hydrazone groups is 1. The van der Waals surface area contributed by atoms with Crippen LogP contribution in [0.2, 0.25) is 0 Å². The van der Waals surface area contributed by atoms with Crippen molar-refractivity contribution in [3.63, 3.8) is 0 Å². The van der Waals surface area contributed by atoms with E-state index in [1.54, 1.807) is 6.92 Å². The van der Waals surface area contributed by atoms with Crippen LogP contribution in [0.5, 0.6) is 0 Å². The molecule has 108 valence electrons. The van der Waals surface area contributed by atoms with Gasteiger partial charge >= 0.3 is 0 Å². The number of carbonyl (C=O) groups excluding carboxylic acids is 1. The normalized spacial score (nSPS) is 17.0. The number of para-hydroxylation sites is 1. The van der Waals surface area contributed by atoms with Gasteiger partial charge in [-0.3, -0.25) is 15.1 Å². The summed E-state index contributed by atoms with van der Waals surface area (Å²) >= 11 is 0. The van der Waals surface area contributed by atoms with Crippen LogP contribution in [0.1, 0.15) is 31.7 Å². The highest BCUT2D eigenvalue weighted by Crippen LogP contribution is 2.13. The van der Waals surface area contributed by atoms with E-state index in [1.807, 2.05) is 31.2 Å². The van der Waals surface area contributed by atoms with Crippen LogP contribution < -0.4 is 5.43 Å². The molecule has 0 aromatic heterocycles. The zero-order chi connectivity index (χ0) is 14.4. The van der Waals surface area contributed by atoms with Gasteiger partial charge in [0.05, 0.1) is 5.69 Å². The Bertz CT molecular complexity index is 490. The number of anilines is 1. The molecule has 1 aliphatic rings. The summed E-state index contributed by atoms with van der Waals surface area (Å²) in [6.45, 7) is 6.39. The van der Waals surface area contributed by atoms with Gasteiger partial charge in [0.25, 0.3) is 0 Å². The average molecular weight is 273 g/mol. The molecule has 0 spiro atoms. The Balaban J connectivity index is 2.02. The van der Waals surface area contributed by atoms with Gasteiger partial charge in [0.1, 0.15) is 5.71 Å². The molecule has 1 N–H and O–H groups in total. The first-order chi connectivity index (χ1) is 9.66. The lowest BCUT2D eigenvalue weighted by Crippen LogP contribution is -2.37. The van der Waals surface area contributed by atoms with E-state index in [-0.39, 0.29) is 5.78 Å². The lowest BCUT2D eigenvalue weighted by Gasteiger charge is -2.26. The standard InChI is InChI=1S/C16H23N3O/c1-13-8-4-5-9-15(13)17-18-16(14(2)20)12-19-10-6-3-7-11-19/h4-5,8-9,17H,3,6-7,10-12H2,1-2H3. The van der Waals surface area contributed by atoms with Gasteiger partial charge in [0, 0.05) is 13.5 Å². The highest BCUT2D eigenvalue weighted by molar-refractivity contribution is 6.39. The third-order valence-electron chi connectivity index (χ3n) is 3.68. The Morgan fingerprint density at radius 1 is 1.25 bits per heavy atom. The molecule has 4 nitrogen and oxygen atoms in total. The predicted octanol–water partition coefficient (Wildman–Crippen LogP) is 2.84. The maximum Gasteiger partial charge on any atom is 0.177 e. The van der Waals surface area contributed by atoms with Crippen LogP contribution >= 0.6 is 0 Å². The Kier molecular flexibility index (Phi) is 5.30. The van der Waals surface area contributed by atoms with Crippen molar-refractivity contribution in [1.82, 2.24) is 4.90 Å². The molecule has 1 aromatic carbocycles. The number of nitrogens with one attached hydrogen (secondary N) is 1. The molecule has 1 fully saturated rings.